The fourth-order valence-corrected chi connectivity index (χ4v) is 4.05. The van der Waals surface area contributed by atoms with Gasteiger partial charge in [-0.25, -0.2) is 8.42 Å². The van der Waals surface area contributed by atoms with Crippen LogP contribution < -0.4 is 10.2 Å². The molecule has 116 valence electrons. The van der Waals surface area contributed by atoms with Crippen molar-refractivity contribution in [2.24, 2.45) is 0 Å². The van der Waals surface area contributed by atoms with Crippen LogP contribution in [0.15, 0.2) is 47.9 Å². The molecule has 7 heteroatoms. The SMILES string of the molecule is COc1cccc(C2=C[C@@H](c3cccs3)N(S(C)(=O)=O)N2)c1. The molecule has 2 heterocycles. The number of hydrazine groups is 1. The van der Waals surface area contributed by atoms with Gasteiger partial charge in [-0.2, -0.15) is 0 Å². The van der Waals surface area contributed by atoms with Crippen LogP contribution in [0.25, 0.3) is 5.70 Å². The predicted octanol–water partition coefficient (Wildman–Crippen LogP) is 2.62. The third kappa shape index (κ3) is 2.87. The second kappa shape index (κ2) is 5.75. The maximum absolute atomic E-state index is 12.0. The van der Waals surface area contributed by atoms with Gasteiger partial charge in [0.15, 0.2) is 0 Å². The second-order valence-corrected chi connectivity index (χ2v) is 7.78. The summed E-state index contributed by atoms with van der Waals surface area (Å²) in [5, 5.41) is 1.94. The maximum Gasteiger partial charge on any atom is 0.228 e. The molecule has 2 aromatic rings. The Balaban J connectivity index is 2.01. The first-order valence-corrected chi connectivity index (χ1v) is 9.37. The van der Waals surface area contributed by atoms with E-state index in [-0.39, 0.29) is 6.04 Å². The van der Waals surface area contributed by atoms with Crippen molar-refractivity contribution in [1.29, 1.82) is 0 Å². The zero-order valence-corrected chi connectivity index (χ0v) is 13.8. The van der Waals surface area contributed by atoms with E-state index in [1.54, 1.807) is 7.11 Å². The van der Waals surface area contributed by atoms with Gasteiger partial charge in [0.2, 0.25) is 10.0 Å². The topological polar surface area (TPSA) is 58.6 Å². The molecule has 22 heavy (non-hydrogen) atoms. The Labute approximate surface area is 133 Å². The van der Waals surface area contributed by atoms with E-state index in [0.29, 0.717) is 0 Å². The number of benzene rings is 1. The van der Waals surface area contributed by atoms with E-state index in [4.69, 9.17) is 4.74 Å². The van der Waals surface area contributed by atoms with Gasteiger partial charge in [0.25, 0.3) is 0 Å². The van der Waals surface area contributed by atoms with Crippen LogP contribution in [0.4, 0.5) is 0 Å². The molecule has 1 N–H and O–H groups in total. The smallest absolute Gasteiger partial charge is 0.228 e. The monoisotopic (exact) mass is 336 g/mol. The number of thiophene rings is 1. The Kier molecular flexibility index (Phi) is 3.94. The van der Waals surface area contributed by atoms with E-state index in [0.717, 1.165) is 21.9 Å². The first-order chi connectivity index (χ1) is 10.5. The van der Waals surface area contributed by atoms with Crippen LogP contribution in [-0.2, 0) is 10.0 Å². The minimum absolute atomic E-state index is 0.337. The lowest BCUT2D eigenvalue weighted by atomic mass is 10.1. The van der Waals surface area contributed by atoms with Crippen LogP contribution >= 0.6 is 11.3 Å². The summed E-state index contributed by atoms with van der Waals surface area (Å²) in [7, 11) is -1.78. The first-order valence-electron chi connectivity index (χ1n) is 6.65. The fourth-order valence-electron chi connectivity index (χ4n) is 2.35. The molecule has 1 aliphatic rings. The molecule has 3 rings (SSSR count). The van der Waals surface area contributed by atoms with Gasteiger partial charge in [-0.15, -0.1) is 15.8 Å². The normalized spacial score (nSPS) is 18.8. The van der Waals surface area contributed by atoms with Crippen molar-refractivity contribution in [3.63, 3.8) is 0 Å². The molecule has 0 saturated carbocycles. The summed E-state index contributed by atoms with van der Waals surface area (Å²) in [4.78, 5) is 0.968. The summed E-state index contributed by atoms with van der Waals surface area (Å²) in [5.74, 6) is 0.727. The number of ether oxygens (including phenoxy) is 1. The molecule has 0 fully saturated rings. The Morgan fingerprint density at radius 3 is 2.73 bits per heavy atom. The minimum atomic E-state index is -3.39. The number of sulfonamides is 1. The molecule has 0 radical (unpaired) electrons. The number of rotatable bonds is 4. The molecule has 1 aliphatic heterocycles. The van der Waals surface area contributed by atoms with Gasteiger partial charge in [-0.1, -0.05) is 18.2 Å². The molecule has 0 spiro atoms. The average Bonchev–Trinajstić information content (AvgIpc) is 3.15. The molecule has 0 saturated heterocycles. The molecule has 1 aromatic heterocycles. The van der Waals surface area contributed by atoms with Crippen LogP contribution in [0.5, 0.6) is 5.75 Å². The summed E-state index contributed by atoms with van der Waals surface area (Å²) in [6, 6.07) is 11.0. The highest BCUT2D eigenvalue weighted by Crippen LogP contribution is 2.35. The Morgan fingerprint density at radius 2 is 2.09 bits per heavy atom. The lowest BCUT2D eigenvalue weighted by molar-refractivity contribution is 0.354. The van der Waals surface area contributed by atoms with Crippen molar-refractivity contribution < 1.29 is 13.2 Å². The van der Waals surface area contributed by atoms with Gasteiger partial charge in [0, 0.05) is 10.4 Å². The molecule has 0 bridgehead atoms. The number of nitrogens with one attached hydrogen (secondary N) is 1. The van der Waals surface area contributed by atoms with E-state index >= 15 is 0 Å². The Morgan fingerprint density at radius 1 is 1.27 bits per heavy atom. The van der Waals surface area contributed by atoms with Crippen LogP contribution in [0.3, 0.4) is 0 Å². The third-order valence-electron chi connectivity index (χ3n) is 3.38. The first kappa shape index (κ1) is 15.1. The maximum atomic E-state index is 12.0. The van der Waals surface area contributed by atoms with Gasteiger partial charge < -0.3 is 10.2 Å². The van der Waals surface area contributed by atoms with Gasteiger partial charge in [0.1, 0.15) is 5.75 Å². The summed E-state index contributed by atoms with van der Waals surface area (Å²) in [6.07, 6.45) is 3.12. The van der Waals surface area contributed by atoms with Crippen molar-refractivity contribution in [3.05, 3.63) is 58.3 Å². The van der Waals surface area contributed by atoms with E-state index in [9.17, 15) is 8.42 Å². The van der Waals surface area contributed by atoms with Gasteiger partial charge in [-0.05, 0) is 29.7 Å². The molecule has 0 amide bonds. The molecule has 1 aromatic carbocycles. The minimum Gasteiger partial charge on any atom is -0.497 e. The Hall–Kier alpha value is -1.83. The lowest BCUT2D eigenvalue weighted by Gasteiger charge is -2.21. The van der Waals surface area contributed by atoms with Crippen molar-refractivity contribution in [3.8, 4) is 5.75 Å². The number of nitrogens with zero attached hydrogens (tertiary/aromatic N) is 1. The highest BCUT2D eigenvalue weighted by Gasteiger charge is 2.33. The fraction of sp³-hybridized carbons (Fsp3) is 0.200. The molecule has 0 aliphatic carbocycles. The zero-order chi connectivity index (χ0) is 15.7. The summed E-state index contributed by atoms with van der Waals surface area (Å²) in [5.41, 5.74) is 4.63. The highest BCUT2D eigenvalue weighted by molar-refractivity contribution is 7.88. The van der Waals surface area contributed by atoms with Crippen molar-refractivity contribution in [1.82, 2.24) is 9.84 Å². The lowest BCUT2D eigenvalue weighted by Crippen LogP contribution is -2.38. The standard InChI is InChI=1S/C15H16N2O3S2/c1-20-12-6-3-5-11(9-12)13-10-14(15-7-4-8-21-15)17(16-13)22(2,18)19/h3-10,14,16H,1-2H3/t14-/m0/s1. The van der Waals surface area contributed by atoms with E-state index in [2.05, 4.69) is 5.43 Å². The number of hydrogen-bond donors (Lipinski definition) is 1. The van der Waals surface area contributed by atoms with Crippen LogP contribution in [0.2, 0.25) is 0 Å². The molecule has 0 unspecified atom stereocenters. The molecular formula is C15H16N2O3S2. The van der Waals surface area contributed by atoms with Crippen LogP contribution in [0.1, 0.15) is 16.5 Å². The predicted molar refractivity (Wildman–Crippen MR) is 87.8 cm³/mol. The summed E-state index contributed by atoms with van der Waals surface area (Å²) < 4.78 is 30.6. The van der Waals surface area contributed by atoms with E-state index in [1.807, 2.05) is 47.9 Å². The summed E-state index contributed by atoms with van der Waals surface area (Å²) in [6.45, 7) is 0. The van der Waals surface area contributed by atoms with Crippen molar-refractivity contribution in [2.75, 3.05) is 13.4 Å². The van der Waals surface area contributed by atoms with Gasteiger partial charge in [-0.3, -0.25) is 0 Å². The molecular weight excluding hydrogens is 320 g/mol. The van der Waals surface area contributed by atoms with Crippen molar-refractivity contribution >= 4 is 27.1 Å². The molecule has 1 atom stereocenters. The van der Waals surface area contributed by atoms with Crippen LogP contribution in [0, 0.1) is 0 Å². The quantitative estimate of drug-likeness (QED) is 0.932. The Bertz CT molecular complexity index is 798. The van der Waals surface area contributed by atoms with E-state index < -0.39 is 10.0 Å². The van der Waals surface area contributed by atoms with Crippen molar-refractivity contribution in [2.45, 2.75) is 6.04 Å². The van der Waals surface area contributed by atoms with Crippen LogP contribution in [-0.4, -0.2) is 26.2 Å². The molecule has 5 nitrogen and oxygen atoms in total. The summed E-state index contributed by atoms with van der Waals surface area (Å²) >= 11 is 1.53. The zero-order valence-electron chi connectivity index (χ0n) is 12.2. The third-order valence-corrected chi connectivity index (χ3v) is 5.36. The average molecular weight is 336 g/mol. The second-order valence-electron chi connectivity index (χ2n) is 4.94. The van der Waals surface area contributed by atoms with E-state index in [1.165, 1.54) is 22.0 Å². The number of hydrogen-bond acceptors (Lipinski definition) is 5. The highest BCUT2D eigenvalue weighted by atomic mass is 32.2. The largest absolute Gasteiger partial charge is 0.497 e. The van der Waals surface area contributed by atoms with Gasteiger partial charge >= 0.3 is 0 Å². The van der Waals surface area contributed by atoms with Gasteiger partial charge in [0.05, 0.1) is 25.1 Å². The number of methoxy groups -OCH3 is 1.